The molecule has 2 amide bonds. The lowest BCUT2D eigenvalue weighted by molar-refractivity contribution is 0.0645. The molecule has 29 heavy (non-hydrogen) atoms. The fraction of sp³-hybridized carbons (Fsp3) is 0.333. The van der Waals surface area contributed by atoms with Crippen LogP contribution in [-0.2, 0) is 0 Å². The molecule has 3 heterocycles. The summed E-state index contributed by atoms with van der Waals surface area (Å²) in [5.74, 6) is 0.297. The van der Waals surface area contributed by atoms with Gasteiger partial charge in [-0.25, -0.2) is 0 Å². The van der Waals surface area contributed by atoms with Crippen molar-refractivity contribution in [3.63, 3.8) is 0 Å². The molecule has 1 N–H and O–H groups in total. The molecular formula is C24H25N3O2. The second kappa shape index (κ2) is 7.48. The Hall–Kier alpha value is -2.92. The molecule has 1 saturated heterocycles. The minimum Gasteiger partial charge on any atom is -0.361 e. The van der Waals surface area contributed by atoms with Crippen molar-refractivity contribution < 1.29 is 9.59 Å². The van der Waals surface area contributed by atoms with Gasteiger partial charge in [-0.1, -0.05) is 30.3 Å². The van der Waals surface area contributed by atoms with E-state index in [4.69, 9.17) is 0 Å². The van der Waals surface area contributed by atoms with Gasteiger partial charge >= 0.3 is 0 Å². The van der Waals surface area contributed by atoms with E-state index < -0.39 is 0 Å². The number of H-pyrrole nitrogens is 1. The Morgan fingerprint density at radius 2 is 1.52 bits per heavy atom. The highest BCUT2D eigenvalue weighted by Crippen LogP contribution is 2.33. The van der Waals surface area contributed by atoms with Gasteiger partial charge in [-0.05, 0) is 68.6 Å². The van der Waals surface area contributed by atoms with Crippen molar-refractivity contribution >= 4 is 22.7 Å². The van der Waals surface area contributed by atoms with Crippen LogP contribution in [0.4, 0.5) is 0 Å². The number of rotatable bonds is 5. The average molecular weight is 387 g/mol. The molecule has 2 aliphatic rings. The third kappa shape index (κ3) is 3.25. The average Bonchev–Trinajstić information content (AvgIpc) is 3.30. The molecule has 5 heteroatoms. The minimum absolute atomic E-state index is 0.149. The highest BCUT2D eigenvalue weighted by atomic mass is 16.2. The summed E-state index contributed by atoms with van der Waals surface area (Å²) in [6, 6.07) is 15.6. The lowest BCUT2D eigenvalue weighted by atomic mass is 9.89. The highest BCUT2D eigenvalue weighted by Gasteiger charge is 2.34. The van der Waals surface area contributed by atoms with Crippen molar-refractivity contribution in [1.29, 1.82) is 0 Å². The lowest BCUT2D eigenvalue weighted by Gasteiger charge is -2.32. The number of amides is 2. The standard InChI is InChI=1S/C24H25N3O2/c28-23-19-7-1-2-8-20(19)24(29)27(23)13-5-12-26-14-10-17(11-15-26)21-16-25-22-9-4-3-6-18(21)22/h1-4,6-9,16-17,25H,5,10-15H2. The first-order chi connectivity index (χ1) is 14.2. The van der Waals surface area contributed by atoms with Gasteiger partial charge in [0, 0.05) is 23.6 Å². The largest absolute Gasteiger partial charge is 0.361 e. The van der Waals surface area contributed by atoms with Crippen LogP contribution in [0.2, 0.25) is 0 Å². The summed E-state index contributed by atoms with van der Waals surface area (Å²) in [4.78, 5) is 32.2. The molecule has 3 aromatic rings. The van der Waals surface area contributed by atoms with Crippen LogP contribution in [0.1, 0.15) is 51.5 Å². The monoisotopic (exact) mass is 387 g/mol. The zero-order valence-corrected chi connectivity index (χ0v) is 16.4. The number of carbonyl (C=O) groups excluding carboxylic acids is 2. The molecule has 5 rings (SSSR count). The lowest BCUT2D eigenvalue weighted by Crippen LogP contribution is -2.37. The predicted octanol–water partition coefficient (Wildman–Crippen LogP) is 4.03. The van der Waals surface area contributed by atoms with Gasteiger partial charge in [-0.3, -0.25) is 14.5 Å². The van der Waals surface area contributed by atoms with Gasteiger partial charge in [0.2, 0.25) is 0 Å². The van der Waals surface area contributed by atoms with Crippen molar-refractivity contribution in [2.24, 2.45) is 0 Å². The number of imide groups is 1. The number of hydrogen-bond donors (Lipinski definition) is 1. The van der Waals surface area contributed by atoms with Crippen LogP contribution in [0.3, 0.4) is 0 Å². The number of nitrogens with one attached hydrogen (secondary N) is 1. The molecule has 1 fully saturated rings. The van der Waals surface area contributed by atoms with E-state index in [9.17, 15) is 9.59 Å². The SMILES string of the molecule is O=C1c2ccccc2C(=O)N1CCCN1CCC(c2c[nH]c3ccccc23)CC1. The summed E-state index contributed by atoms with van der Waals surface area (Å²) in [6.45, 7) is 3.54. The van der Waals surface area contributed by atoms with E-state index in [1.54, 1.807) is 12.1 Å². The molecule has 0 aliphatic carbocycles. The summed E-state index contributed by atoms with van der Waals surface area (Å²) in [5, 5.41) is 1.34. The number of aromatic nitrogens is 1. The van der Waals surface area contributed by atoms with Gasteiger partial charge in [-0.2, -0.15) is 0 Å². The first-order valence-corrected chi connectivity index (χ1v) is 10.5. The Balaban J connectivity index is 1.14. The maximum atomic E-state index is 12.5. The third-order valence-electron chi connectivity index (χ3n) is 6.38. The van der Waals surface area contributed by atoms with E-state index in [1.807, 2.05) is 12.1 Å². The molecule has 5 nitrogen and oxygen atoms in total. The molecule has 148 valence electrons. The smallest absolute Gasteiger partial charge is 0.261 e. The van der Waals surface area contributed by atoms with E-state index in [0.29, 0.717) is 23.6 Å². The van der Waals surface area contributed by atoms with E-state index in [0.717, 1.165) is 38.9 Å². The van der Waals surface area contributed by atoms with Gasteiger partial charge in [0.05, 0.1) is 11.1 Å². The molecule has 0 unspecified atom stereocenters. The van der Waals surface area contributed by atoms with Crippen molar-refractivity contribution in [2.45, 2.75) is 25.2 Å². The molecule has 2 aromatic carbocycles. The van der Waals surface area contributed by atoms with Crippen LogP contribution in [-0.4, -0.2) is 52.8 Å². The molecular weight excluding hydrogens is 362 g/mol. The molecule has 0 saturated carbocycles. The quantitative estimate of drug-likeness (QED) is 0.673. The minimum atomic E-state index is -0.149. The second-order valence-electron chi connectivity index (χ2n) is 8.07. The maximum absolute atomic E-state index is 12.5. The maximum Gasteiger partial charge on any atom is 0.261 e. The first kappa shape index (κ1) is 18.1. The van der Waals surface area contributed by atoms with E-state index >= 15 is 0 Å². The van der Waals surface area contributed by atoms with Crippen molar-refractivity contribution in [3.05, 3.63) is 71.4 Å². The van der Waals surface area contributed by atoms with Gasteiger partial charge in [0.1, 0.15) is 0 Å². The number of likely N-dealkylation sites (tertiary alicyclic amines) is 1. The summed E-state index contributed by atoms with van der Waals surface area (Å²) in [6.07, 6.45) is 5.29. The van der Waals surface area contributed by atoms with Crippen LogP contribution in [0.25, 0.3) is 10.9 Å². The zero-order valence-electron chi connectivity index (χ0n) is 16.4. The van der Waals surface area contributed by atoms with Crippen LogP contribution in [0, 0.1) is 0 Å². The Kier molecular flexibility index (Phi) is 4.68. The topological polar surface area (TPSA) is 56.4 Å². The second-order valence-corrected chi connectivity index (χ2v) is 8.07. The number of para-hydroxylation sites is 1. The fourth-order valence-corrected chi connectivity index (χ4v) is 4.79. The van der Waals surface area contributed by atoms with Crippen LogP contribution in [0.15, 0.2) is 54.7 Å². The molecule has 0 atom stereocenters. The summed E-state index contributed by atoms with van der Waals surface area (Å²) >= 11 is 0. The number of aromatic amines is 1. The molecule has 0 spiro atoms. The molecule has 0 bridgehead atoms. The van der Waals surface area contributed by atoms with Gasteiger partial charge < -0.3 is 9.88 Å². The summed E-state index contributed by atoms with van der Waals surface area (Å²) < 4.78 is 0. The van der Waals surface area contributed by atoms with Crippen LogP contribution in [0.5, 0.6) is 0 Å². The zero-order chi connectivity index (χ0) is 19.8. The Labute approximate surface area is 170 Å². The number of fused-ring (bicyclic) bond motifs is 2. The molecule has 1 aromatic heterocycles. The van der Waals surface area contributed by atoms with Gasteiger partial charge in [0.25, 0.3) is 11.8 Å². The Bertz CT molecular complexity index is 1030. The number of carbonyl (C=O) groups is 2. The fourth-order valence-electron chi connectivity index (χ4n) is 4.79. The number of nitrogens with zero attached hydrogens (tertiary/aromatic N) is 2. The van der Waals surface area contributed by atoms with E-state index in [2.05, 4.69) is 40.3 Å². The number of benzene rings is 2. The number of hydrogen-bond acceptors (Lipinski definition) is 3. The summed E-state index contributed by atoms with van der Waals surface area (Å²) in [5.41, 5.74) is 3.73. The van der Waals surface area contributed by atoms with E-state index in [1.165, 1.54) is 21.4 Å². The van der Waals surface area contributed by atoms with E-state index in [-0.39, 0.29) is 11.8 Å². The third-order valence-corrected chi connectivity index (χ3v) is 6.38. The van der Waals surface area contributed by atoms with Crippen LogP contribution < -0.4 is 0 Å². The highest BCUT2D eigenvalue weighted by molar-refractivity contribution is 6.21. The number of piperidine rings is 1. The predicted molar refractivity (Wildman–Crippen MR) is 113 cm³/mol. The van der Waals surface area contributed by atoms with Gasteiger partial charge in [0.15, 0.2) is 0 Å². The Morgan fingerprint density at radius 1 is 0.862 bits per heavy atom. The first-order valence-electron chi connectivity index (χ1n) is 10.5. The van der Waals surface area contributed by atoms with Crippen molar-refractivity contribution in [1.82, 2.24) is 14.8 Å². The Morgan fingerprint density at radius 3 is 2.24 bits per heavy atom. The normalized spacial score (nSPS) is 18.0. The molecule has 2 aliphatic heterocycles. The van der Waals surface area contributed by atoms with Gasteiger partial charge in [-0.15, -0.1) is 0 Å². The van der Waals surface area contributed by atoms with Crippen molar-refractivity contribution in [2.75, 3.05) is 26.2 Å². The van der Waals surface area contributed by atoms with Crippen molar-refractivity contribution in [3.8, 4) is 0 Å². The molecule has 0 radical (unpaired) electrons. The summed E-state index contributed by atoms with van der Waals surface area (Å²) in [7, 11) is 0. The van der Waals surface area contributed by atoms with Crippen LogP contribution >= 0.6 is 0 Å².